The van der Waals surface area contributed by atoms with E-state index >= 15 is 0 Å². The first kappa shape index (κ1) is 16.3. The van der Waals surface area contributed by atoms with Gasteiger partial charge in [-0.15, -0.1) is 0 Å². The lowest BCUT2D eigenvalue weighted by molar-refractivity contribution is -0.697. The first-order valence-corrected chi connectivity index (χ1v) is 8.05. The van der Waals surface area contributed by atoms with Crippen molar-refractivity contribution in [2.45, 2.75) is 12.3 Å². The van der Waals surface area contributed by atoms with Gasteiger partial charge in [0.05, 0.1) is 5.56 Å². The van der Waals surface area contributed by atoms with E-state index in [1.54, 1.807) is 6.07 Å². The molecule has 2 aromatic carbocycles. The molecule has 0 unspecified atom stereocenters. The fourth-order valence-corrected chi connectivity index (χ4v) is 2.75. The van der Waals surface area contributed by atoms with Gasteiger partial charge in [0, 0.05) is 25.3 Å². The average Bonchev–Trinajstić information content (AvgIpc) is 3.09. The normalized spacial score (nSPS) is 19.7. The highest BCUT2D eigenvalue weighted by Crippen LogP contribution is 2.21. The second kappa shape index (κ2) is 7.35. The topological polar surface area (TPSA) is 62.1 Å². The van der Waals surface area contributed by atoms with E-state index in [0.717, 1.165) is 12.1 Å². The minimum absolute atomic E-state index is 0.000947. The molecule has 0 bridgehead atoms. The Morgan fingerprint density at radius 1 is 1.21 bits per heavy atom. The third kappa shape index (κ3) is 3.67. The van der Waals surface area contributed by atoms with Crippen LogP contribution in [0, 0.1) is 11.3 Å². The lowest BCUT2D eigenvalue weighted by atomic mass is 10.2. The Balaban J connectivity index is 1.56. The van der Waals surface area contributed by atoms with Crippen LogP contribution in [0.4, 0.5) is 5.69 Å². The summed E-state index contributed by atoms with van der Waals surface area (Å²) in [6.07, 6.45) is 0.0105. The Morgan fingerprint density at radius 3 is 2.67 bits per heavy atom. The van der Waals surface area contributed by atoms with Crippen LogP contribution in [0.1, 0.15) is 17.4 Å². The van der Waals surface area contributed by atoms with E-state index < -0.39 is 0 Å². The average molecular weight is 324 g/mol. The van der Waals surface area contributed by atoms with E-state index in [-0.39, 0.29) is 12.3 Å². The minimum Gasteiger partial charge on any atom is -0.489 e. The minimum atomic E-state index is 0.000947. The molecule has 5 nitrogen and oxygen atoms in total. The molecule has 1 fully saturated rings. The largest absolute Gasteiger partial charge is 0.489 e. The molecule has 2 aromatic rings. The number of quaternary nitrogens is 1. The highest BCUT2D eigenvalue weighted by atomic mass is 16.6. The van der Waals surface area contributed by atoms with Crippen LogP contribution in [-0.4, -0.2) is 33.4 Å². The molecular formula is C19H22N3O2+. The van der Waals surface area contributed by atoms with Crippen LogP contribution in [0.15, 0.2) is 48.5 Å². The van der Waals surface area contributed by atoms with Crippen molar-refractivity contribution in [1.82, 2.24) is 0 Å². The van der Waals surface area contributed by atoms with Crippen molar-refractivity contribution in [1.29, 1.82) is 5.26 Å². The lowest BCUT2D eigenvalue weighted by Gasteiger charge is -2.14. The summed E-state index contributed by atoms with van der Waals surface area (Å²) in [5, 5.41) is 11.3. The van der Waals surface area contributed by atoms with E-state index in [4.69, 9.17) is 14.7 Å². The third-order valence-corrected chi connectivity index (χ3v) is 4.12. The number of benzene rings is 2. The fraction of sp³-hybridized carbons (Fsp3) is 0.316. The number of ether oxygens (including phenoxy) is 2. The molecule has 124 valence electrons. The van der Waals surface area contributed by atoms with Crippen molar-refractivity contribution in [2.75, 3.05) is 32.1 Å². The van der Waals surface area contributed by atoms with E-state index in [0.29, 0.717) is 17.9 Å². The van der Waals surface area contributed by atoms with Gasteiger partial charge in [-0.2, -0.15) is 5.26 Å². The van der Waals surface area contributed by atoms with Crippen LogP contribution in [-0.2, 0) is 4.74 Å². The lowest BCUT2D eigenvalue weighted by Crippen LogP contribution is -2.82. The molecule has 1 saturated heterocycles. The standard InChI is InChI=1S/C19H21N3O2/c1-22(2)16-9-7-14(8-10-16)19-21-12-17(24-19)13-23-18-6-4-3-5-15(18)11-20/h3-10,17,19,21H,12-13H2,1-2H3/p+1/t17-,19+/m0/s1. The Bertz CT molecular complexity index is 722. The molecule has 0 spiro atoms. The molecule has 5 heteroatoms. The van der Waals surface area contributed by atoms with Crippen molar-refractivity contribution in [2.24, 2.45) is 0 Å². The van der Waals surface area contributed by atoms with Crippen LogP contribution in [0.2, 0.25) is 0 Å². The summed E-state index contributed by atoms with van der Waals surface area (Å²) in [6, 6.07) is 17.8. The van der Waals surface area contributed by atoms with Crippen molar-refractivity contribution < 1.29 is 14.8 Å². The number of nitriles is 1. The summed E-state index contributed by atoms with van der Waals surface area (Å²) in [5.74, 6) is 0.613. The van der Waals surface area contributed by atoms with Gasteiger partial charge in [-0.1, -0.05) is 12.1 Å². The van der Waals surface area contributed by atoms with Crippen LogP contribution in [0.3, 0.4) is 0 Å². The van der Waals surface area contributed by atoms with Crippen LogP contribution < -0.4 is 15.0 Å². The van der Waals surface area contributed by atoms with Crippen molar-refractivity contribution in [3.63, 3.8) is 0 Å². The fourth-order valence-electron chi connectivity index (χ4n) is 2.75. The summed E-state index contributed by atoms with van der Waals surface area (Å²) >= 11 is 0. The second-order valence-electron chi connectivity index (χ2n) is 6.06. The zero-order valence-electron chi connectivity index (χ0n) is 14.0. The number of anilines is 1. The second-order valence-corrected chi connectivity index (χ2v) is 6.06. The highest BCUT2D eigenvalue weighted by molar-refractivity contribution is 5.46. The molecule has 3 rings (SSSR count). The number of para-hydroxylation sites is 1. The van der Waals surface area contributed by atoms with Gasteiger partial charge in [0.25, 0.3) is 0 Å². The summed E-state index contributed by atoms with van der Waals surface area (Å²) in [7, 11) is 4.05. The Hall–Kier alpha value is -2.55. The first-order chi connectivity index (χ1) is 11.7. The molecule has 1 heterocycles. The maximum absolute atomic E-state index is 9.09. The number of rotatable bonds is 5. The smallest absolute Gasteiger partial charge is 0.217 e. The number of hydrogen-bond donors (Lipinski definition) is 1. The number of nitrogens with zero attached hydrogens (tertiary/aromatic N) is 2. The molecule has 0 saturated carbocycles. The highest BCUT2D eigenvalue weighted by Gasteiger charge is 2.30. The van der Waals surface area contributed by atoms with Gasteiger partial charge in [0.1, 0.15) is 31.1 Å². The van der Waals surface area contributed by atoms with Gasteiger partial charge in [0.15, 0.2) is 0 Å². The predicted molar refractivity (Wildman–Crippen MR) is 91.8 cm³/mol. The number of hydrogen-bond acceptors (Lipinski definition) is 4. The Morgan fingerprint density at radius 2 is 1.96 bits per heavy atom. The van der Waals surface area contributed by atoms with Gasteiger partial charge in [-0.25, -0.2) is 0 Å². The van der Waals surface area contributed by atoms with Gasteiger partial charge in [-0.3, -0.25) is 0 Å². The Labute approximate surface area is 142 Å². The zero-order chi connectivity index (χ0) is 16.9. The molecular weight excluding hydrogens is 302 g/mol. The summed E-state index contributed by atoms with van der Waals surface area (Å²) in [6.45, 7) is 1.29. The molecule has 2 N–H and O–H groups in total. The first-order valence-electron chi connectivity index (χ1n) is 8.05. The molecule has 0 radical (unpaired) electrons. The van der Waals surface area contributed by atoms with E-state index in [9.17, 15) is 0 Å². The van der Waals surface area contributed by atoms with E-state index in [2.05, 4.69) is 40.6 Å². The summed E-state index contributed by atoms with van der Waals surface area (Å²) < 4.78 is 11.8. The van der Waals surface area contributed by atoms with Gasteiger partial charge in [0.2, 0.25) is 6.23 Å². The molecule has 1 aliphatic rings. The molecule has 0 aromatic heterocycles. The van der Waals surface area contributed by atoms with Crippen LogP contribution >= 0.6 is 0 Å². The Kier molecular flexibility index (Phi) is 4.99. The molecule has 0 aliphatic carbocycles. The van der Waals surface area contributed by atoms with Crippen LogP contribution in [0.25, 0.3) is 0 Å². The summed E-state index contributed by atoms with van der Waals surface area (Å²) in [4.78, 5) is 2.08. The van der Waals surface area contributed by atoms with Crippen molar-refractivity contribution in [3.05, 3.63) is 59.7 Å². The quantitative estimate of drug-likeness (QED) is 0.909. The van der Waals surface area contributed by atoms with E-state index in [1.165, 1.54) is 5.69 Å². The molecule has 24 heavy (non-hydrogen) atoms. The maximum atomic E-state index is 9.09. The maximum Gasteiger partial charge on any atom is 0.217 e. The molecule has 1 aliphatic heterocycles. The third-order valence-electron chi connectivity index (χ3n) is 4.12. The van der Waals surface area contributed by atoms with E-state index in [1.807, 2.05) is 32.3 Å². The molecule has 2 atom stereocenters. The SMILES string of the molecule is CN(C)c1ccc([C@@H]2[NH2+]C[C@@H](COc3ccccc3C#N)O2)cc1. The monoisotopic (exact) mass is 324 g/mol. The molecule has 0 amide bonds. The van der Waals surface area contributed by atoms with Gasteiger partial charge < -0.3 is 19.7 Å². The van der Waals surface area contributed by atoms with Gasteiger partial charge in [-0.05, 0) is 36.4 Å². The zero-order valence-corrected chi connectivity index (χ0v) is 14.0. The van der Waals surface area contributed by atoms with Crippen molar-refractivity contribution in [3.8, 4) is 11.8 Å². The van der Waals surface area contributed by atoms with Crippen LogP contribution in [0.5, 0.6) is 5.75 Å². The number of nitrogens with two attached hydrogens (primary N) is 1. The van der Waals surface area contributed by atoms with Gasteiger partial charge >= 0.3 is 0 Å². The predicted octanol–water partition coefficient (Wildman–Crippen LogP) is 1.66. The van der Waals surface area contributed by atoms with Crippen molar-refractivity contribution >= 4 is 5.69 Å². The summed E-state index contributed by atoms with van der Waals surface area (Å²) in [5.41, 5.74) is 2.88.